The quantitative estimate of drug-likeness (QED) is 0.856. The molecule has 0 saturated heterocycles. The zero-order valence-corrected chi connectivity index (χ0v) is 11.6. The maximum absolute atomic E-state index is 13.4. The van der Waals surface area contributed by atoms with E-state index in [1.807, 2.05) is 25.1 Å². The number of halogens is 2. The fourth-order valence-corrected chi connectivity index (χ4v) is 2.42. The van der Waals surface area contributed by atoms with Gasteiger partial charge in [-0.15, -0.1) is 0 Å². The van der Waals surface area contributed by atoms with Gasteiger partial charge in [0.05, 0.1) is 0 Å². The molecular formula is C16H17ClFN. The van der Waals surface area contributed by atoms with E-state index in [4.69, 9.17) is 11.6 Å². The minimum atomic E-state index is -0.254. The van der Waals surface area contributed by atoms with E-state index in [-0.39, 0.29) is 11.9 Å². The molecule has 1 unspecified atom stereocenters. The third-order valence-electron chi connectivity index (χ3n) is 3.07. The van der Waals surface area contributed by atoms with Gasteiger partial charge in [-0.3, -0.25) is 0 Å². The Labute approximate surface area is 118 Å². The van der Waals surface area contributed by atoms with Gasteiger partial charge in [-0.1, -0.05) is 48.9 Å². The lowest BCUT2D eigenvalue weighted by molar-refractivity contribution is 0.543. The van der Waals surface area contributed by atoms with Gasteiger partial charge in [-0.25, -0.2) is 4.39 Å². The van der Waals surface area contributed by atoms with Gasteiger partial charge in [0.1, 0.15) is 5.82 Å². The first-order valence-corrected chi connectivity index (χ1v) is 6.80. The lowest BCUT2D eigenvalue weighted by Crippen LogP contribution is -2.23. The molecule has 0 aliphatic heterocycles. The Morgan fingerprint density at radius 3 is 2.58 bits per heavy atom. The van der Waals surface area contributed by atoms with Crippen LogP contribution in [0.4, 0.5) is 4.39 Å². The second-order valence-electron chi connectivity index (χ2n) is 4.47. The highest BCUT2D eigenvalue weighted by Gasteiger charge is 2.15. The van der Waals surface area contributed by atoms with E-state index in [2.05, 4.69) is 17.4 Å². The van der Waals surface area contributed by atoms with E-state index in [1.165, 1.54) is 17.7 Å². The van der Waals surface area contributed by atoms with Gasteiger partial charge >= 0.3 is 0 Å². The summed E-state index contributed by atoms with van der Waals surface area (Å²) in [4.78, 5) is 0. The van der Waals surface area contributed by atoms with Gasteiger partial charge in [0.25, 0.3) is 0 Å². The van der Waals surface area contributed by atoms with Crippen LogP contribution in [0.5, 0.6) is 0 Å². The molecule has 0 amide bonds. The summed E-state index contributed by atoms with van der Waals surface area (Å²) in [6, 6.07) is 14.7. The largest absolute Gasteiger partial charge is 0.310 e. The van der Waals surface area contributed by atoms with Crippen molar-refractivity contribution in [3.63, 3.8) is 0 Å². The van der Waals surface area contributed by atoms with Gasteiger partial charge in [0, 0.05) is 11.1 Å². The van der Waals surface area contributed by atoms with Crippen molar-refractivity contribution in [3.8, 4) is 0 Å². The number of likely N-dealkylation sites (N-methyl/N-ethyl adjacent to an activating group) is 1. The molecule has 0 heterocycles. The number of hydrogen-bond donors (Lipinski definition) is 1. The monoisotopic (exact) mass is 277 g/mol. The highest BCUT2D eigenvalue weighted by molar-refractivity contribution is 6.31. The molecule has 100 valence electrons. The average Bonchev–Trinajstić information content (AvgIpc) is 2.42. The standard InChI is InChI=1S/C16H17ClFN/c1-2-19-16(10-12-6-4-3-5-7-12)14-11-13(18)8-9-15(14)17/h3-9,11,16,19H,2,10H2,1H3. The summed E-state index contributed by atoms with van der Waals surface area (Å²) in [6.07, 6.45) is 0.790. The highest BCUT2D eigenvalue weighted by atomic mass is 35.5. The van der Waals surface area contributed by atoms with Crippen molar-refractivity contribution in [1.82, 2.24) is 5.32 Å². The molecule has 0 aliphatic rings. The van der Waals surface area contributed by atoms with Crippen LogP contribution < -0.4 is 5.32 Å². The summed E-state index contributed by atoms with van der Waals surface area (Å²) >= 11 is 6.19. The van der Waals surface area contributed by atoms with Crippen molar-refractivity contribution in [2.75, 3.05) is 6.54 Å². The molecule has 0 fully saturated rings. The Morgan fingerprint density at radius 1 is 1.16 bits per heavy atom. The Balaban J connectivity index is 2.27. The van der Waals surface area contributed by atoms with Gasteiger partial charge in [-0.2, -0.15) is 0 Å². The summed E-state index contributed by atoms with van der Waals surface area (Å²) in [5.74, 6) is -0.254. The van der Waals surface area contributed by atoms with Crippen molar-refractivity contribution < 1.29 is 4.39 Å². The van der Waals surface area contributed by atoms with Crippen LogP contribution in [-0.4, -0.2) is 6.54 Å². The second kappa shape index (κ2) is 6.69. The fraction of sp³-hybridized carbons (Fsp3) is 0.250. The van der Waals surface area contributed by atoms with Crippen molar-refractivity contribution in [1.29, 1.82) is 0 Å². The minimum Gasteiger partial charge on any atom is -0.310 e. The van der Waals surface area contributed by atoms with Crippen molar-refractivity contribution in [2.24, 2.45) is 0 Å². The molecule has 0 aliphatic carbocycles. The number of benzene rings is 2. The van der Waals surface area contributed by atoms with E-state index in [1.54, 1.807) is 6.07 Å². The molecule has 2 aromatic rings. The maximum Gasteiger partial charge on any atom is 0.123 e. The Hall–Kier alpha value is -1.38. The van der Waals surface area contributed by atoms with E-state index in [9.17, 15) is 4.39 Å². The molecule has 0 aromatic heterocycles. The summed E-state index contributed by atoms with van der Waals surface area (Å²) in [7, 11) is 0. The lowest BCUT2D eigenvalue weighted by atomic mass is 9.98. The highest BCUT2D eigenvalue weighted by Crippen LogP contribution is 2.26. The summed E-state index contributed by atoms with van der Waals surface area (Å²) < 4.78 is 13.4. The molecule has 0 radical (unpaired) electrons. The molecule has 0 bridgehead atoms. The Kier molecular flexibility index (Phi) is 4.94. The van der Waals surface area contributed by atoms with Crippen LogP contribution in [-0.2, 0) is 6.42 Å². The average molecular weight is 278 g/mol. The lowest BCUT2D eigenvalue weighted by Gasteiger charge is -2.20. The molecule has 3 heteroatoms. The molecular weight excluding hydrogens is 261 g/mol. The predicted octanol–water partition coefficient (Wildman–Crippen LogP) is 4.37. The third-order valence-corrected chi connectivity index (χ3v) is 3.41. The third kappa shape index (κ3) is 3.79. The SMILES string of the molecule is CCNC(Cc1ccccc1)c1cc(F)ccc1Cl. The van der Waals surface area contributed by atoms with Gasteiger partial charge in [-0.05, 0) is 42.3 Å². The topological polar surface area (TPSA) is 12.0 Å². The fourth-order valence-electron chi connectivity index (χ4n) is 2.17. The smallest absolute Gasteiger partial charge is 0.123 e. The van der Waals surface area contributed by atoms with Gasteiger partial charge < -0.3 is 5.32 Å². The van der Waals surface area contributed by atoms with Crippen LogP contribution in [0.25, 0.3) is 0 Å². The van der Waals surface area contributed by atoms with E-state index in [0.717, 1.165) is 18.5 Å². The summed E-state index contributed by atoms with van der Waals surface area (Å²) in [5, 5.41) is 3.96. The van der Waals surface area contributed by atoms with E-state index in [0.29, 0.717) is 5.02 Å². The Bertz CT molecular complexity index is 528. The summed E-state index contributed by atoms with van der Waals surface area (Å²) in [5.41, 5.74) is 2.01. The first kappa shape index (κ1) is 14.0. The van der Waals surface area contributed by atoms with Crippen LogP contribution in [0.2, 0.25) is 5.02 Å². The van der Waals surface area contributed by atoms with Crippen LogP contribution in [0.1, 0.15) is 24.1 Å². The first-order valence-electron chi connectivity index (χ1n) is 6.43. The van der Waals surface area contributed by atoms with E-state index < -0.39 is 0 Å². The normalized spacial score (nSPS) is 12.4. The zero-order chi connectivity index (χ0) is 13.7. The first-order chi connectivity index (χ1) is 9.20. The van der Waals surface area contributed by atoms with Crippen LogP contribution in [0.15, 0.2) is 48.5 Å². The number of hydrogen-bond acceptors (Lipinski definition) is 1. The van der Waals surface area contributed by atoms with Crippen molar-refractivity contribution in [3.05, 3.63) is 70.5 Å². The molecule has 1 nitrogen and oxygen atoms in total. The van der Waals surface area contributed by atoms with Crippen LogP contribution in [0.3, 0.4) is 0 Å². The molecule has 2 rings (SSSR count). The van der Waals surface area contributed by atoms with Crippen LogP contribution in [0, 0.1) is 5.82 Å². The molecule has 1 N–H and O–H groups in total. The summed E-state index contributed by atoms with van der Waals surface area (Å²) in [6.45, 7) is 2.84. The van der Waals surface area contributed by atoms with Crippen molar-refractivity contribution >= 4 is 11.6 Å². The molecule has 1 atom stereocenters. The number of nitrogens with one attached hydrogen (secondary N) is 1. The van der Waals surface area contributed by atoms with Crippen LogP contribution >= 0.6 is 11.6 Å². The van der Waals surface area contributed by atoms with E-state index >= 15 is 0 Å². The molecule has 2 aromatic carbocycles. The predicted molar refractivity (Wildman–Crippen MR) is 78.0 cm³/mol. The number of rotatable bonds is 5. The maximum atomic E-state index is 13.4. The zero-order valence-electron chi connectivity index (χ0n) is 10.9. The Morgan fingerprint density at radius 2 is 1.89 bits per heavy atom. The van der Waals surface area contributed by atoms with Crippen molar-refractivity contribution in [2.45, 2.75) is 19.4 Å². The van der Waals surface area contributed by atoms with Gasteiger partial charge in [0.15, 0.2) is 0 Å². The minimum absolute atomic E-state index is 0.0237. The van der Waals surface area contributed by atoms with Gasteiger partial charge in [0.2, 0.25) is 0 Å². The molecule has 0 saturated carbocycles. The molecule has 0 spiro atoms. The molecule has 19 heavy (non-hydrogen) atoms. The second-order valence-corrected chi connectivity index (χ2v) is 4.87.